The lowest BCUT2D eigenvalue weighted by atomic mass is 9.96. The lowest BCUT2D eigenvalue weighted by molar-refractivity contribution is 0.446. The summed E-state index contributed by atoms with van der Waals surface area (Å²) in [5.41, 5.74) is 0. The molecular weight excluding hydrogens is 223 g/mol. The van der Waals surface area contributed by atoms with Gasteiger partial charge in [0.25, 0.3) is 0 Å². The van der Waals surface area contributed by atoms with Crippen LogP contribution in [-0.2, 0) is 0 Å². The third-order valence-electron chi connectivity index (χ3n) is 3.39. The molecule has 0 heterocycles. The Hall–Kier alpha value is -0.590. The maximum Gasteiger partial charge on any atom is 0.0932 e. The zero-order valence-electron chi connectivity index (χ0n) is 12.7. The maximum absolute atomic E-state index is 12.4. The van der Waals surface area contributed by atoms with Crippen LogP contribution in [-0.4, -0.2) is 0 Å². The van der Waals surface area contributed by atoms with Crippen LogP contribution in [0.2, 0.25) is 0 Å². The van der Waals surface area contributed by atoms with Gasteiger partial charge in [0.15, 0.2) is 0 Å². The van der Waals surface area contributed by atoms with E-state index in [4.69, 9.17) is 0 Å². The quantitative estimate of drug-likeness (QED) is 0.311. The van der Waals surface area contributed by atoms with Crippen LogP contribution in [0.3, 0.4) is 0 Å². The third kappa shape index (κ3) is 11.9. The molecule has 0 saturated heterocycles. The number of allylic oxidation sites excluding steroid dienone is 4. The Morgan fingerprint density at radius 2 is 1.78 bits per heavy atom. The summed E-state index contributed by atoms with van der Waals surface area (Å²) in [5, 5.41) is 0. The Labute approximate surface area is 113 Å². The predicted molar refractivity (Wildman–Crippen MR) is 80.3 cm³/mol. The molecule has 0 spiro atoms. The lowest BCUT2D eigenvalue weighted by Crippen LogP contribution is -1.95. The first-order valence-corrected chi connectivity index (χ1v) is 7.55. The highest BCUT2D eigenvalue weighted by atomic mass is 19.1. The molecule has 0 saturated carbocycles. The monoisotopic (exact) mass is 254 g/mol. The number of rotatable bonds is 10. The van der Waals surface area contributed by atoms with Gasteiger partial charge in [-0.1, -0.05) is 65.0 Å². The van der Waals surface area contributed by atoms with Crippen LogP contribution in [0.5, 0.6) is 0 Å². The van der Waals surface area contributed by atoms with Gasteiger partial charge in [0.1, 0.15) is 0 Å². The molecule has 0 rings (SSSR count). The molecule has 0 aromatic rings. The Morgan fingerprint density at radius 1 is 1.11 bits per heavy atom. The molecular formula is C17H31F. The molecule has 0 aliphatic heterocycles. The SMILES string of the molecule is CCCC(C)CCCCC(C)/C=C/C/C=C(\C)F. The number of unbranched alkanes of at least 4 members (excludes halogenated alkanes) is 1. The van der Waals surface area contributed by atoms with E-state index in [9.17, 15) is 4.39 Å². The van der Waals surface area contributed by atoms with Gasteiger partial charge in [-0.25, -0.2) is 4.39 Å². The molecule has 0 aromatic heterocycles. The van der Waals surface area contributed by atoms with Crippen LogP contribution in [0, 0.1) is 11.8 Å². The van der Waals surface area contributed by atoms with Crippen LogP contribution in [0.15, 0.2) is 24.1 Å². The molecule has 2 unspecified atom stereocenters. The second-order valence-electron chi connectivity index (χ2n) is 5.61. The van der Waals surface area contributed by atoms with Crippen LogP contribution in [0.1, 0.15) is 72.6 Å². The van der Waals surface area contributed by atoms with E-state index < -0.39 is 0 Å². The molecule has 1 heteroatoms. The first-order chi connectivity index (χ1) is 8.56. The molecule has 0 radical (unpaired) electrons. The van der Waals surface area contributed by atoms with Crippen LogP contribution in [0.4, 0.5) is 4.39 Å². The first kappa shape index (κ1) is 17.4. The van der Waals surface area contributed by atoms with E-state index in [2.05, 4.69) is 32.9 Å². The summed E-state index contributed by atoms with van der Waals surface area (Å²) >= 11 is 0. The van der Waals surface area contributed by atoms with Crippen molar-refractivity contribution in [2.24, 2.45) is 11.8 Å². The second-order valence-corrected chi connectivity index (χ2v) is 5.61. The fourth-order valence-corrected chi connectivity index (χ4v) is 2.23. The highest BCUT2D eigenvalue weighted by Crippen LogP contribution is 2.17. The van der Waals surface area contributed by atoms with Crippen LogP contribution >= 0.6 is 0 Å². The average Bonchev–Trinajstić information content (AvgIpc) is 2.30. The first-order valence-electron chi connectivity index (χ1n) is 7.55. The van der Waals surface area contributed by atoms with Crippen molar-refractivity contribution in [3.63, 3.8) is 0 Å². The summed E-state index contributed by atoms with van der Waals surface area (Å²) in [5.74, 6) is 1.43. The standard InChI is InChI=1S/C17H31F/c1-5-10-15(2)11-6-7-12-16(3)13-8-9-14-17(4)18/h8,13-16H,5-7,9-12H2,1-4H3/b13-8+,17-14+. The van der Waals surface area contributed by atoms with Gasteiger partial charge in [-0.2, -0.15) is 0 Å². The molecule has 0 N–H and O–H groups in total. The van der Waals surface area contributed by atoms with Crippen LogP contribution < -0.4 is 0 Å². The largest absolute Gasteiger partial charge is 0.212 e. The van der Waals surface area contributed by atoms with E-state index in [1.54, 1.807) is 6.08 Å². The summed E-state index contributed by atoms with van der Waals surface area (Å²) < 4.78 is 12.4. The molecule has 0 bridgehead atoms. The van der Waals surface area contributed by atoms with Crippen molar-refractivity contribution in [3.8, 4) is 0 Å². The Morgan fingerprint density at radius 3 is 2.39 bits per heavy atom. The highest BCUT2D eigenvalue weighted by Gasteiger charge is 2.01. The summed E-state index contributed by atoms with van der Waals surface area (Å²) in [6.07, 6.45) is 14.6. The number of halogens is 1. The van der Waals surface area contributed by atoms with Gasteiger partial charge in [-0.15, -0.1) is 0 Å². The minimum absolute atomic E-state index is 0.0859. The Balaban J connectivity index is 3.53. The van der Waals surface area contributed by atoms with Crippen molar-refractivity contribution >= 4 is 0 Å². The van der Waals surface area contributed by atoms with E-state index in [0.29, 0.717) is 5.92 Å². The molecule has 0 amide bonds. The summed E-state index contributed by atoms with van der Waals surface area (Å²) in [7, 11) is 0. The second kappa shape index (κ2) is 11.5. The Bertz CT molecular complexity index is 236. The predicted octanol–water partition coefficient (Wildman–Crippen LogP) is 6.44. The van der Waals surface area contributed by atoms with Crippen molar-refractivity contribution in [1.29, 1.82) is 0 Å². The van der Waals surface area contributed by atoms with Crippen molar-refractivity contribution in [1.82, 2.24) is 0 Å². The maximum atomic E-state index is 12.4. The van der Waals surface area contributed by atoms with Gasteiger partial charge < -0.3 is 0 Å². The molecule has 2 atom stereocenters. The van der Waals surface area contributed by atoms with Crippen molar-refractivity contribution in [2.75, 3.05) is 0 Å². The number of hydrogen-bond acceptors (Lipinski definition) is 0. The van der Waals surface area contributed by atoms with E-state index >= 15 is 0 Å². The van der Waals surface area contributed by atoms with E-state index in [1.165, 1.54) is 45.4 Å². The van der Waals surface area contributed by atoms with Crippen LogP contribution in [0.25, 0.3) is 0 Å². The molecule has 0 aromatic carbocycles. The van der Waals surface area contributed by atoms with Gasteiger partial charge in [0.05, 0.1) is 5.83 Å². The third-order valence-corrected chi connectivity index (χ3v) is 3.39. The average molecular weight is 254 g/mol. The molecule has 0 aliphatic carbocycles. The fraction of sp³-hybridized carbons (Fsp3) is 0.765. The molecule has 0 aliphatic rings. The number of hydrogen-bond donors (Lipinski definition) is 0. The highest BCUT2D eigenvalue weighted by molar-refractivity contribution is 4.96. The zero-order chi connectivity index (χ0) is 13.8. The van der Waals surface area contributed by atoms with Gasteiger partial charge in [-0.3, -0.25) is 0 Å². The van der Waals surface area contributed by atoms with Gasteiger partial charge in [-0.05, 0) is 37.7 Å². The molecule has 18 heavy (non-hydrogen) atoms. The fourth-order valence-electron chi connectivity index (χ4n) is 2.23. The van der Waals surface area contributed by atoms with Gasteiger partial charge in [0, 0.05) is 0 Å². The smallest absolute Gasteiger partial charge is 0.0932 e. The Kier molecular flexibility index (Phi) is 11.1. The molecule has 106 valence electrons. The van der Waals surface area contributed by atoms with Crippen molar-refractivity contribution in [3.05, 3.63) is 24.1 Å². The van der Waals surface area contributed by atoms with Crippen molar-refractivity contribution in [2.45, 2.75) is 72.6 Å². The van der Waals surface area contributed by atoms with Crippen molar-refractivity contribution < 1.29 is 4.39 Å². The minimum Gasteiger partial charge on any atom is -0.212 e. The molecule has 0 fully saturated rings. The van der Waals surface area contributed by atoms with E-state index in [0.717, 1.165) is 12.3 Å². The van der Waals surface area contributed by atoms with Gasteiger partial charge in [0.2, 0.25) is 0 Å². The van der Waals surface area contributed by atoms with Gasteiger partial charge >= 0.3 is 0 Å². The lowest BCUT2D eigenvalue weighted by Gasteiger charge is -2.10. The zero-order valence-corrected chi connectivity index (χ0v) is 12.7. The summed E-state index contributed by atoms with van der Waals surface area (Å²) in [4.78, 5) is 0. The van der Waals surface area contributed by atoms with E-state index in [-0.39, 0.29) is 5.83 Å². The molecule has 0 nitrogen and oxygen atoms in total. The summed E-state index contributed by atoms with van der Waals surface area (Å²) in [6.45, 7) is 8.36. The summed E-state index contributed by atoms with van der Waals surface area (Å²) in [6, 6.07) is 0. The van der Waals surface area contributed by atoms with E-state index in [1.807, 2.05) is 0 Å². The topological polar surface area (TPSA) is 0 Å². The minimum atomic E-state index is -0.0859. The normalized spacial score (nSPS) is 16.2.